The lowest BCUT2D eigenvalue weighted by atomic mass is 9.92. The van der Waals surface area contributed by atoms with Crippen molar-refractivity contribution in [1.82, 2.24) is 10.6 Å². The van der Waals surface area contributed by atoms with Crippen molar-refractivity contribution in [2.45, 2.75) is 80.4 Å². The largest absolute Gasteiger partial charge is 0.388 e. The van der Waals surface area contributed by atoms with Gasteiger partial charge in [-0.1, -0.05) is 6.92 Å². The Hall–Kier alpha value is -0.0900. The number of aliphatic hydroxyl groups is 3. The maximum absolute atomic E-state index is 12.8. The molecule has 1 unspecified atom stereocenters. The molecule has 0 bridgehead atoms. The molecule has 2 aliphatic rings. The third kappa shape index (κ3) is 5.25. The molecule has 2 aliphatic heterocycles. The fourth-order valence-corrected chi connectivity index (χ4v) is 4.50. The first-order valence-electron chi connectivity index (χ1n) is 9.16. The Morgan fingerprint density at radius 1 is 1.31 bits per heavy atom. The third-order valence-electron chi connectivity index (χ3n) is 5.22. The van der Waals surface area contributed by atoms with Crippen molar-refractivity contribution in [2.24, 2.45) is 5.92 Å². The molecule has 9 atom stereocenters. The Kier molecular flexibility index (Phi) is 8.46. The Bertz CT molecular complexity index is 470. The molecule has 2 saturated heterocycles. The number of alkyl halides is 1. The third-order valence-corrected chi connectivity index (χ3v) is 6.34. The van der Waals surface area contributed by atoms with Crippen LogP contribution in [0.4, 0.5) is 0 Å². The van der Waals surface area contributed by atoms with E-state index in [1.807, 2.05) is 0 Å². The van der Waals surface area contributed by atoms with Gasteiger partial charge >= 0.3 is 0 Å². The molecule has 0 aromatic heterocycles. The fraction of sp³-hybridized carbons (Fsp3) is 0.941. The van der Waals surface area contributed by atoms with Crippen molar-refractivity contribution in [3.8, 4) is 0 Å². The summed E-state index contributed by atoms with van der Waals surface area (Å²) in [5, 5.41) is 36.1. The van der Waals surface area contributed by atoms with Crippen LogP contribution < -0.4 is 10.6 Å². The SMILES string of the molecule is CS[C@H]1O[C@H]([C@H](NC(=O)[C@@H]2CC(C)CCCN2)[C@H](C)Cl)[C@H](O)[C@H](O)[C@H]1O. The van der Waals surface area contributed by atoms with Gasteiger partial charge in [-0.25, -0.2) is 0 Å². The predicted molar refractivity (Wildman–Crippen MR) is 102 cm³/mol. The number of hydrogen-bond acceptors (Lipinski definition) is 7. The average Bonchev–Trinajstić information content (AvgIpc) is 2.82. The first kappa shape index (κ1) is 22.2. The summed E-state index contributed by atoms with van der Waals surface area (Å²) in [5.41, 5.74) is -0.704. The van der Waals surface area contributed by atoms with E-state index in [2.05, 4.69) is 17.6 Å². The lowest BCUT2D eigenvalue weighted by molar-refractivity contribution is -0.205. The summed E-state index contributed by atoms with van der Waals surface area (Å²) in [7, 11) is 0. The molecular formula is C17H31ClN2O5S. The number of nitrogens with one attached hydrogen (secondary N) is 2. The lowest BCUT2D eigenvalue weighted by Crippen LogP contribution is -2.65. The van der Waals surface area contributed by atoms with Crippen LogP contribution in [0.15, 0.2) is 0 Å². The topological polar surface area (TPSA) is 111 Å². The second-order valence-electron chi connectivity index (χ2n) is 7.38. The molecule has 2 rings (SSSR count). The van der Waals surface area contributed by atoms with Crippen molar-refractivity contribution in [2.75, 3.05) is 12.8 Å². The van der Waals surface area contributed by atoms with Gasteiger partial charge in [0.2, 0.25) is 5.91 Å². The molecule has 0 radical (unpaired) electrons. The van der Waals surface area contributed by atoms with Gasteiger partial charge in [0.15, 0.2) is 0 Å². The van der Waals surface area contributed by atoms with E-state index >= 15 is 0 Å². The number of aliphatic hydroxyl groups excluding tert-OH is 3. The normalized spacial score (nSPS) is 41.1. The second kappa shape index (κ2) is 9.91. The Morgan fingerprint density at radius 3 is 2.62 bits per heavy atom. The van der Waals surface area contributed by atoms with E-state index in [0.717, 1.165) is 25.8 Å². The molecule has 9 heteroatoms. The maximum Gasteiger partial charge on any atom is 0.237 e. The number of thioether (sulfide) groups is 1. The first-order valence-corrected chi connectivity index (χ1v) is 10.9. The number of amides is 1. The molecule has 152 valence electrons. The highest BCUT2D eigenvalue weighted by Crippen LogP contribution is 2.30. The Morgan fingerprint density at radius 2 is 2.00 bits per heavy atom. The van der Waals surface area contributed by atoms with E-state index in [0.29, 0.717) is 5.92 Å². The highest BCUT2D eigenvalue weighted by molar-refractivity contribution is 7.99. The molecular weight excluding hydrogens is 380 g/mol. The molecule has 26 heavy (non-hydrogen) atoms. The van der Waals surface area contributed by atoms with Crippen molar-refractivity contribution in [1.29, 1.82) is 0 Å². The number of rotatable bonds is 5. The molecule has 0 aromatic carbocycles. The Balaban J connectivity index is 2.10. The van der Waals surface area contributed by atoms with Gasteiger partial charge in [0.05, 0.1) is 17.5 Å². The van der Waals surface area contributed by atoms with Gasteiger partial charge in [0, 0.05) is 0 Å². The number of carbonyl (C=O) groups is 1. The maximum atomic E-state index is 12.8. The van der Waals surface area contributed by atoms with Gasteiger partial charge < -0.3 is 30.7 Å². The predicted octanol–water partition coefficient (Wildman–Crippen LogP) is 0.0473. The number of hydrogen-bond donors (Lipinski definition) is 5. The van der Waals surface area contributed by atoms with Crippen molar-refractivity contribution < 1.29 is 24.9 Å². The fourth-order valence-electron chi connectivity index (χ4n) is 3.62. The molecule has 2 heterocycles. The minimum atomic E-state index is -1.36. The van der Waals surface area contributed by atoms with E-state index < -0.39 is 41.3 Å². The van der Waals surface area contributed by atoms with Crippen LogP contribution in [-0.4, -0.2) is 81.3 Å². The van der Waals surface area contributed by atoms with Crippen LogP contribution >= 0.6 is 23.4 Å². The zero-order valence-corrected chi connectivity index (χ0v) is 17.0. The molecule has 0 spiro atoms. The summed E-state index contributed by atoms with van der Waals surface area (Å²) < 4.78 is 5.77. The number of halogens is 1. The lowest BCUT2D eigenvalue weighted by Gasteiger charge is -2.44. The number of ether oxygens (including phenoxy) is 1. The summed E-state index contributed by atoms with van der Waals surface area (Å²) in [6.07, 6.45) is -0.242. The van der Waals surface area contributed by atoms with E-state index in [9.17, 15) is 20.1 Å². The number of carbonyl (C=O) groups excluding carboxylic acids is 1. The van der Waals surface area contributed by atoms with Crippen molar-refractivity contribution >= 4 is 29.3 Å². The summed E-state index contributed by atoms with van der Waals surface area (Å²) in [5.74, 6) is 0.260. The molecule has 1 amide bonds. The van der Waals surface area contributed by atoms with Gasteiger partial charge in [0.25, 0.3) is 0 Å². The zero-order valence-electron chi connectivity index (χ0n) is 15.5. The quantitative estimate of drug-likeness (QED) is 0.407. The van der Waals surface area contributed by atoms with Crippen LogP contribution in [0.1, 0.15) is 33.1 Å². The van der Waals surface area contributed by atoms with Crippen LogP contribution in [0, 0.1) is 5.92 Å². The smallest absolute Gasteiger partial charge is 0.237 e. The summed E-state index contributed by atoms with van der Waals surface area (Å²) in [4.78, 5) is 12.8. The molecule has 0 aliphatic carbocycles. The summed E-state index contributed by atoms with van der Waals surface area (Å²) in [6.45, 7) is 4.62. The van der Waals surface area contributed by atoms with E-state index in [1.54, 1.807) is 13.2 Å². The van der Waals surface area contributed by atoms with Gasteiger partial charge in [0.1, 0.15) is 29.9 Å². The van der Waals surface area contributed by atoms with Crippen LogP contribution in [0.2, 0.25) is 0 Å². The monoisotopic (exact) mass is 410 g/mol. The van der Waals surface area contributed by atoms with Gasteiger partial charge in [-0.3, -0.25) is 4.79 Å². The minimum absolute atomic E-state index is 0.187. The van der Waals surface area contributed by atoms with Crippen LogP contribution in [0.25, 0.3) is 0 Å². The van der Waals surface area contributed by atoms with Gasteiger partial charge in [-0.05, 0) is 44.9 Å². The molecule has 2 fully saturated rings. The van der Waals surface area contributed by atoms with Crippen LogP contribution in [0.3, 0.4) is 0 Å². The van der Waals surface area contributed by atoms with E-state index in [-0.39, 0.29) is 11.9 Å². The molecule has 7 nitrogen and oxygen atoms in total. The summed E-state index contributed by atoms with van der Waals surface area (Å²) >= 11 is 7.52. The van der Waals surface area contributed by atoms with E-state index in [1.165, 1.54) is 11.8 Å². The standard InChI is InChI=1S/C17H31ClN2O5S/c1-8-5-4-6-19-10(7-8)16(24)20-11(9(2)18)15-13(22)12(21)14(23)17(25-15)26-3/h8-15,17,19,21-23H,4-7H2,1-3H3,(H,20,24)/t8?,9-,10-,11+,12-,13+,14+,15+,17+/m0/s1. The second-order valence-corrected chi connectivity index (χ2v) is 9.00. The highest BCUT2D eigenvalue weighted by atomic mass is 35.5. The Labute approximate surface area is 164 Å². The molecule has 5 N–H and O–H groups in total. The van der Waals surface area contributed by atoms with Crippen LogP contribution in [0.5, 0.6) is 0 Å². The zero-order chi connectivity index (χ0) is 19.4. The summed E-state index contributed by atoms with van der Waals surface area (Å²) in [6, 6.07) is -1.02. The minimum Gasteiger partial charge on any atom is -0.388 e. The van der Waals surface area contributed by atoms with Gasteiger partial charge in [-0.15, -0.1) is 23.4 Å². The molecule has 0 saturated carbocycles. The molecule has 0 aromatic rings. The van der Waals surface area contributed by atoms with E-state index in [4.69, 9.17) is 16.3 Å². The van der Waals surface area contributed by atoms with Crippen LogP contribution in [-0.2, 0) is 9.53 Å². The van der Waals surface area contributed by atoms with Crippen molar-refractivity contribution in [3.63, 3.8) is 0 Å². The average molecular weight is 411 g/mol. The first-order chi connectivity index (χ1) is 12.3. The highest BCUT2D eigenvalue weighted by Gasteiger charge is 2.48. The van der Waals surface area contributed by atoms with Crippen molar-refractivity contribution in [3.05, 3.63) is 0 Å². The van der Waals surface area contributed by atoms with Gasteiger partial charge in [-0.2, -0.15) is 0 Å².